The molecule has 0 radical (unpaired) electrons. The maximum absolute atomic E-state index is 11.8. The molecule has 1 aromatic rings. The highest BCUT2D eigenvalue weighted by Crippen LogP contribution is 2.34. The van der Waals surface area contributed by atoms with Crippen LogP contribution in [0.2, 0.25) is 0 Å². The van der Waals surface area contributed by atoms with Crippen LogP contribution in [0, 0.1) is 0 Å². The van der Waals surface area contributed by atoms with E-state index in [-0.39, 0.29) is 6.04 Å². The van der Waals surface area contributed by atoms with E-state index in [1.54, 1.807) is 0 Å². The van der Waals surface area contributed by atoms with Crippen LogP contribution in [0.25, 0.3) is 0 Å². The zero-order valence-corrected chi connectivity index (χ0v) is 11.0. The zero-order valence-electron chi connectivity index (χ0n) is 10.2. The molecule has 0 N–H and O–H groups in total. The number of hydrogen-bond acceptors (Lipinski definition) is 3. The van der Waals surface area contributed by atoms with Gasteiger partial charge in [0.1, 0.15) is 5.78 Å². The van der Waals surface area contributed by atoms with Gasteiger partial charge in [0.05, 0.1) is 6.04 Å². The summed E-state index contributed by atoms with van der Waals surface area (Å²) in [5, 5.41) is 2.16. The van der Waals surface area contributed by atoms with Crippen molar-refractivity contribution in [3.63, 3.8) is 0 Å². The normalized spacial score (nSPS) is 22.8. The zero-order chi connectivity index (χ0) is 11.7. The molecule has 0 fully saturated rings. The lowest BCUT2D eigenvalue weighted by Crippen LogP contribution is -2.43. The van der Waals surface area contributed by atoms with Gasteiger partial charge in [-0.25, -0.2) is 0 Å². The largest absolute Gasteiger partial charge is 0.298 e. The van der Waals surface area contributed by atoms with Crippen LogP contribution in [-0.4, -0.2) is 23.3 Å². The molecule has 2 unspecified atom stereocenters. The van der Waals surface area contributed by atoms with Crippen LogP contribution in [0.1, 0.15) is 43.7 Å². The van der Waals surface area contributed by atoms with Gasteiger partial charge in [0.15, 0.2) is 0 Å². The van der Waals surface area contributed by atoms with Crippen molar-refractivity contribution < 1.29 is 4.79 Å². The summed E-state index contributed by atoms with van der Waals surface area (Å²) < 4.78 is 0. The molecule has 88 valence electrons. The van der Waals surface area contributed by atoms with E-state index in [9.17, 15) is 4.79 Å². The summed E-state index contributed by atoms with van der Waals surface area (Å²) in [4.78, 5) is 15.6. The van der Waals surface area contributed by atoms with Crippen molar-refractivity contribution in [2.75, 3.05) is 6.54 Å². The van der Waals surface area contributed by atoms with Gasteiger partial charge in [-0.3, -0.25) is 9.69 Å². The summed E-state index contributed by atoms with van der Waals surface area (Å²) in [5.74, 6) is 0.352. The topological polar surface area (TPSA) is 20.3 Å². The molecule has 1 aromatic heterocycles. The van der Waals surface area contributed by atoms with E-state index in [4.69, 9.17) is 0 Å². The molecule has 0 spiro atoms. The van der Waals surface area contributed by atoms with E-state index in [1.165, 1.54) is 10.4 Å². The van der Waals surface area contributed by atoms with Crippen molar-refractivity contribution in [3.8, 4) is 0 Å². The number of fused-ring (bicyclic) bond motifs is 1. The lowest BCUT2D eigenvalue weighted by atomic mass is 9.98. The van der Waals surface area contributed by atoms with E-state index in [1.807, 2.05) is 25.2 Å². The standard InChI is InChI=1S/C13H19NOS/c1-4-12(15)10(3)14-7-5-13-11(9(14)2)6-8-16-13/h6,8-10H,4-5,7H2,1-3H3. The number of thiophene rings is 1. The molecular weight excluding hydrogens is 218 g/mol. The molecule has 2 atom stereocenters. The minimum absolute atomic E-state index is 0.0630. The van der Waals surface area contributed by atoms with Crippen molar-refractivity contribution in [2.24, 2.45) is 0 Å². The van der Waals surface area contributed by atoms with Crippen molar-refractivity contribution >= 4 is 17.1 Å². The molecule has 2 heterocycles. The second-order valence-corrected chi connectivity index (χ2v) is 5.46. The summed E-state index contributed by atoms with van der Waals surface area (Å²) in [6.07, 6.45) is 1.74. The fourth-order valence-corrected chi connectivity index (χ4v) is 3.50. The molecule has 0 bridgehead atoms. The minimum Gasteiger partial charge on any atom is -0.298 e. The highest BCUT2D eigenvalue weighted by Gasteiger charge is 2.30. The second kappa shape index (κ2) is 4.68. The van der Waals surface area contributed by atoms with Gasteiger partial charge in [-0.15, -0.1) is 11.3 Å². The second-order valence-electron chi connectivity index (χ2n) is 4.46. The Hall–Kier alpha value is -0.670. The van der Waals surface area contributed by atoms with Gasteiger partial charge in [0.2, 0.25) is 0 Å². The van der Waals surface area contributed by atoms with Gasteiger partial charge in [-0.1, -0.05) is 6.92 Å². The Morgan fingerprint density at radius 3 is 3.12 bits per heavy atom. The van der Waals surface area contributed by atoms with Gasteiger partial charge in [0.25, 0.3) is 0 Å². The number of carbonyl (C=O) groups is 1. The third-order valence-corrected chi connectivity index (χ3v) is 4.63. The molecule has 2 rings (SSSR count). The molecule has 1 aliphatic heterocycles. The van der Waals surface area contributed by atoms with Crippen molar-refractivity contribution in [1.29, 1.82) is 0 Å². The van der Waals surface area contributed by atoms with Gasteiger partial charge >= 0.3 is 0 Å². The SMILES string of the molecule is CCC(=O)C(C)N1CCc2sccc2C1C. The summed E-state index contributed by atoms with van der Waals surface area (Å²) in [6, 6.07) is 2.66. The van der Waals surface area contributed by atoms with Crippen LogP contribution in [0.15, 0.2) is 11.4 Å². The Balaban J connectivity index is 2.18. The summed E-state index contributed by atoms with van der Waals surface area (Å²) in [5.41, 5.74) is 1.42. The third-order valence-electron chi connectivity index (χ3n) is 3.64. The molecular formula is C13H19NOS. The fourth-order valence-electron chi connectivity index (χ4n) is 2.54. The lowest BCUT2D eigenvalue weighted by Gasteiger charge is -2.37. The number of carbonyl (C=O) groups excluding carboxylic acids is 1. The fraction of sp³-hybridized carbons (Fsp3) is 0.615. The quantitative estimate of drug-likeness (QED) is 0.805. The molecule has 0 aliphatic carbocycles. The predicted molar refractivity (Wildman–Crippen MR) is 67.9 cm³/mol. The lowest BCUT2D eigenvalue weighted by molar-refractivity contribution is -0.124. The molecule has 0 amide bonds. The van der Waals surface area contributed by atoms with E-state index in [2.05, 4.69) is 23.3 Å². The van der Waals surface area contributed by atoms with Crippen molar-refractivity contribution in [2.45, 2.75) is 45.7 Å². The smallest absolute Gasteiger partial charge is 0.149 e. The average molecular weight is 237 g/mol. The monoisotopic (exact) mass is 237 g/mol. The molecule has 1 aliphatic rings. The van der Waals surface area contributed by atoms with E-state index in [0.717, 1.165) is 13.0 Å². The molecule has 0 aromatic carbocycles. The van der Waals surface area contributed by atoms with Crippen molar-refractivity contribution in [1.82, 2.24) is 4.90 Å². The summed E-state index contributed by atoms with van der Waals surface area (Å²) in [6.45, 7) is 7.22. The van der Waals surface area contributed by atoms with E-state index < -0.39 is 0 Å². The van der Waals surface area contributed by atoms with Crippen LogP contribution in [0.5, 0.6) is 0 Å². The van der Waals surface area contributed by atoms with Gasteiger partial charge in [-0.05, 0) is 37.3 Å². The minimum atomic E-state index is 0.0630. The Morgan fingerprint density at radius 1 is 1.69 bits per heavy atom. The first-order valence-corrected chi connectivity index (χ1v) is 6.87. The average Bonchev–Trinajstić information content (AvgIpc) is 2.76. The molecule has 2 nitrogen and oxygen atoms in total. The van der Waals surface area contributed by atoms with Crippen molar-refractivity contribution in [3.05, 3.63) is 21.9 Å². The molecule has 0 saturated heterocycles. The predicted octanol–water partition coefficient (Wildman–Crippen LogP) is 3.03. The van der Waals surface area contributed by atoms with Gasteiger partial charge in [-0.2, -0.15) is 0 Å². The summed E-state index contributed by atoms with van der Waals surface area (Å²) >= 11 is 1.85. The molecule has 3 heteroatoms. The first-order chi connectivity index (χ1) is 7.65. The van der Waals surface area contributed by atoms with Crippen LogP contribution in [0.3, 0.4) is 0 Å². The Kier molecular flexibility index (Phi) is 3.45. The Bertz CT molecular complexity index is 385. The maximum atomic E-state index is 11.8. The third kappa shape index (κ3) is 1.94. The maximum Gasteiger partial charge on any atom is 0.149 e. The Morgan fingerprint density at radius 2 is 2.44 bits per heavy atom. The first-order valence-electron chi connectivity index (χ1n) is 5.99. The van der Waals surface area contributed by atoms with E-state index >= 15 is 0 Å². The Labute approximate surface area is 101 Å². The van der Waals surface area contributed by atoms with Crippen LogP contribution >= 0.6 is 11.3 Å². The molecule has 0 saturated carbocycles. The highest BCUT2D eigenvalue weighted by molar-refractivity contribution is 7.10. The molecule has 16 heavy (non-hydrogen) atoms. The first kappa shape index (κ1) is 11.8. The van der Waals surface area contributed by atoms with Gasteiger partial charge < -0.3 is 0 Å². The number of ketones is 1. The van der Waals surface area contributed by atoms with Gasteiger partial charge in [0, 0.05) is 23.9 Å². The van der Waals surface area contributed by atoms with E-state index in [0.29, 0.717) is 18.2 Å². The highest BCUT2D eigenvalue weighted by atomic mass is 32.1. The number of nitrogens with zero attached hydrogens (tertiary/aromatic N) is 1. The number of hydrogen-bond donors (Lipinski definition) is 0. The van der Waals surface area contributed by atoms with Crippen LogP contribution < -0.4 is 0 Å². The van der Waals surface area contributed by atoms with Crippen LogP contribution in [-0.2, 0) is 11.2 Å². The number of rotatable bonds is 3. The number of Topliss-reactive ketones (excluding diaryl/α,β-unsaturated/α-hetero) is 1. The van der Waals surface area contributed by atoms with Crippen LogP contribution in [0.4, 0.5) is 0 Å². The summed E-state index contributed by atoms with van der Waals surface area (Å²) in [7, 11) is 0.